The first-order valence-electron chi connectivity index (χ1n) is 14.5. The Morgan fingerprint density at radius 3 is 2.39 bits per heavy atom. The lowest BCUT2D eigenvalue weighted by molar-refractivity contribution is -0.139. The average Bonchev–Trinajstić information content (AvgIpc) is 2.95. The van der Waals surface area contributed by atoms with E-state index in [2.05, 4.69) is 33.0 Å². The van der Waals surface area contributed by atoms with Crippen molar-refractivity contribution in [3.8, 4) is 0 Å². The summed E-state index contributed by atoms with van der Waals surface area (Å²) in [6, 6.07) is 7.48. The van der Waals surface area contributed by atoms with E-state index in [4.69, 9.17) is 0 Å². The van der Waals surface area contributed by atoms with Gasteiger partial charge in [0.2, 0.25) is 11.8 Å². The number of carbonyl (C=O) groups is 3. The van der Waals surface area contributed by atoms with Gasteiger partial charge in [0.05, 0.1) is 12.1 Å². The molecule has 1 fully saturated rings. The smallest absolute Gasteiger partial charge is 0.270 e. The maximum absolute atomic E-state index is 13.9. The third kappa shape index (κ3) is 6.40. The van der Waals surface area contributed by atoms with E-state index in [-0.39, 0.29) is 29.7 Å². The molecule has 38 heavy (non-hydrogen) atoms. The summed E-state index contributed by atoms with van der Waals surface area (Å²) < 4.78 is 0. The minimum Gasteiger partial charge on any atom is -0.371 e. The van der Waals surface area contributed by atoms with Gasteiger partial charge in [0, 0.05) is 25.3 Å². The molecule has 3 amide bonds. The molecular formula is C30H45N5O3. The fourth-order valence-corrected chi connectivity index (χ4v) is 5.96. The highest BCUT2D eigenvalue weighted by molar-refractivity contribution is 6.00. The second-order valence-corrected chi connectivity index (χ2v) is 11.4. The van der Waals surface area contributed by atoms with Crippen LogP contribution in [0.5, 0.6) is 0 Å². The Labute approximate surface area is 227 Å². The summed E-state index contributed by atoms with van der Waals surface area (Å²) >= 11 is 0. The number of nitrogens with zero attached hydrogens (tertiary/aromatic N) is 2. The third-order valence-corrected chi connectivity index (χ3v) is 8.43. The van der Waals surface area contributed by atoms with Crippen LogP contribution in [0.1, 0.15) is 82.9 Å². The summed E-state index contributed by atoms with van der Waals surface area (Å²) in [5.74, 6) is -0.807. The molecule has 208 valence electrons. The topological polar surface area (TPSA) is 93.8 Å². The molecule has 3 unspecified atom stereocenters. The fraction of sp³-hybridized carbons (Fsp3) is 0.633. The summed E-state index contributed by atoms with van der Waals surface area (Å²) in [6.07, 6.45) is 10.7. The number of fused-ring (bicyclic) bond motifs is 1. The molecule has 3 aliphatic rings. The van der Waals surface area contributed by atoms with Gasteiger partial charge >= 0.3 is 0 Å². The Kier molecular flexibility index (Phi) is 9.47. The van der Waals surface area contributed by atoms with E-state index in [0.29, 0.717) is 24.8 Å². The third-order valence-electron chi connectivity index (χ3n) is 8.43. The number of rotatable bonds is 8. The van der Waals surface area contributed by atoms with Crippen molar-refractivity contribution in [2.75, 3.05) is 20.1 Å². The molecule has 1 saturated carbocycles. The maximum Gasteiger partial charge on any atom is 0.270 e. The maximum atomic E-state index is 13.9. The minimum atomic E-state index is -0.717. The molecule has 1 aliphatic heterocycles. The molecule has 8 nitrogen and oxygen atoms in total. The standard InChI is InChI=1S/C30H45N5O3/c1-20(2)27(33-28(36)21(3)31-4)30(38)35-18-17-34(23-13-6-5-7-14-23)19-26(35)29(37)32-25-16-10-12-22-11-8-9-15-24(22)25/h8-9,11,15,19-21,23,25,27,31H,5-7,10,12-14,16-18H2,1-4H3,(H,32,37)(H,33,36). The molecule has 3 atom stereocenters. The van der Waals surface area contributed by atoms with Crippen molar-refractivity contribution in [3.05, 3.63) is 47.3 Å². The molecule has 0 aromatic heterocycles. The van der Waals surface area contributed by atoms with Crippen molar-refractivity contribution >= 4 is 17.7 Å². The lowest BCUT2D eigenvalue weighted by Crippen LogP contribution is -2.57. The van der Waals surface area contributed by atoms with Gasteiger partial charge in [-0.2, -0.15) is 0 Å². The van der Waals surface area contributed by atoms with Crippen LogP contribution in [0, 0.1) is 5.92 Å². The van der Waals surface area contributed by atoms with Gasteiger partial charge in [0.1, 0.15) is 11.7 Å². The van der Waals surface area contributed by atoms with Gasteiger partial charge in [-0.25, -0.2) is 0 Å². The quantitative estimate of drug-likeness (QED) is 0.486. The molecule has 0 bridgehead atoms. The number of hydrogen-bond donors (Lipinski definition) is 3. The van der Waals surface area contributed by atoms with E-state index in [1.54, 1.807) is 18.9 Å². The first-order valence-corrected chi connectivity index (χ1v) is 14.5. The first kappa shape index (κ1) is 28.1. The van der Waals surface area contributed by atoms with Crippen LogP contribution >= 0.6 is 0 Å². The van der Waals surface area contributed by atoms with Gasteiger partial charge < -0.3 is 25.8 Å². The summed E-state index contributed by atoms with van der Waals surface area (Å²) in [5, 5.41) is 9.12. The lowest BCUT2D eigenvalue weighted by Gasteiger charge is -2.41. The van der Waals surface area contributed by atoms with Crippen molar-refractivity contribution in [2.24, 2.45) is 5.92 Å². The second kappa shape index (κ2) is 12.8. The Bertz CT molecular complexity index is 1030. The number of benzene rings is 1. The number of aryl methyl sites for hydroxylation is 1. The molecule has 0 radical (unpaired) electrons. The fourth-order valence-electron chi connectivity index (χ4n) is 5.96. The molecule has 2 aliphatic carbocycles. The number of hydrogen-bond acceptors (Lipinski definition) is 5. The van der Waals surface area contributed by atoms with Gasteiger partial charge in [-0.15, -0.1) is 0 Å². The molecule has 1 aromatic rings. The van der Waals surface area contributed by atoms with Crippen molar-refractivity contribution < 1.29 is 14.4 Å². The zero-order valence-corrected chi connectivity index (χ0v) is 23.5. The van der Waals surface area contributed by atoms with Crippen molar-refractivity contribution in [2.45, 2.75) is 96.3 Å². The van der Waals surface area contributed by atoms with E-state index in [1.807, 2.05) is 32.2 Å². The summed E-state index contributed by atoms with van der Waals surface area (Å²) in [4.78, 5) is 44.4. The lowest BCUT2D eigenvalue weighted by atomic mass is 9.87. The van der Waals surface area contributed by atoms with Crippen LogP contribution in [0.2, 0.25) is 0 Å². The highest BCUT2D eigenvalue weighted by Crippen LogP contribution is 2.31. The molecule has 0 saturated heterocycles. The highest BCUT2D eigenvalue weighted by Gasteiger charge is 2.37. The Morgan fingerprint density at radius 1 is 0.947 bits per heavy atom. The zero-order valence-electron chi connectivity index (χ0n) is 23.5. The van der Waals surface area contributed by atoms with E-state index >= 15 is 0 Å². The van der Waals surface area contributed by atoms with Crippen LogP contribution in [-0.2, 0) is 20.8 Å². The molecule has 4 rings (SSSR count). The number of amides is 3. The van der Waals surface area contributed by atoms with Crippen molar-refractivity contribution in [1.82, 2.24) is 25.8 Å². The first-order chi connectivity index (χ1) is 18.3. The zero-order chi connectivity index (χ0) is 27.2. The van der Waals surface area contributed by atoms with Gasteiger partial charge in [0.25, 0.3) is 5.91 Å². The minimum absolute atomic E-state index is 0.0764. The van der Waals surface area contributed by atoms with Crippen LogP contribution in [0.4, 0.5) is 0 Å². The average molecular weight is 524 g/mol. The number of nitrogens with one attached hydrogen (secondary N) is 3. The molecule has 3 N–H and O–H groups in total. The van der Waals surface area contributed by atoms with E-state index in [9.17, 15) is 14.4 Å². The van der Waals surface area contributed by atoms with Gasteiger partial charge in [-0.3, -0.25) is 14.4 Å². The van der Waals surface area contributed by atoms with Crippen LogP contribution in [-0.4, -0.2) is 65.8 Å². The van der Waals surface area contributed by atoms with Gasteiger partial charge in [-0.05, 0) is 63.1 Å². The number of likely N-dealkylation sites (N-methyl/N-ethyl adjacent to an activating group) is 1. The number of carbonyl (C=O) groups excluding carboxylic acids is 3. The molecule has 0 spiro atoms. The van der Waals surface area contributed by atoms with Crippen LogP contribution in [0.25, 0.3) is 0 Å². The Hall–Kier alpha value is -2.87. The van der Waals surface area contributed by atoms with E-state index in [1.165, 1.54) is 30.4 Å². The SMILES string of the molecule is CNC(C)C(=O)NC(C(=O)N1CCN(C2CCCCC2)C=C1C(=O)NC1CCCc2ccccc21)C(C)C. The van der Waals surface area contributed by atoms with Crippen molar-refractivity contribution in [1.29, 1.82) is 0 Å². The van der Waals surface area contributed by atoms with Crippen LogP contribution in [0.3, 0.4) is 0 Å². The molecule has 8 heteroatoms. The monoisotopic (exact) mass is 523 g/mol. The van der Waals surface area contributed by atoms with Crippen molar-refractivity contribution in [3.63, 3.8) is 0 Å². The summed E-state index contributed by atoms with van der Waals surface area (Å²) in [7, 11) is 1.72. The van der Waals surface area contributed by atoms with Gasteiger partial charge in [0.15, 0.2) is 0 Å². The highest BCUT2D eigenvalue weighted by atomic mass is 16.2. The van der Waals surface area contributed by atoms with Gasteiger partial charge in [-0.1, -0.05) is 57.4 Å². The molecule has 1 aromatic carbocycles. The Balaban J connectivity index is 1.60. The predicted octanol–water partition coefficient (Wildman–Crippen LogP) is 3.25. The molecule has 1 heterocycles. The van der Waals surface area contributed by atoms with E-state index in [0.717, 1.165) is 32.1 Å². The largest absolute Gasteiger partial charge is 0.371 e. The predicted molar refractivity (Wildman–Crippen MR) is 149 cm³/mol. The van der Waals surface area contributed by atoms with Crippen LogP contribution in [0.15, 0.2) is 36.2 Å². The van der Waals surface area contributed by atoms with Crippen LogP contribution < -0.4 is 16.0 Å². The summed E-state index contributed by atoms with van der Waals surface area (Å²) in [6.45, 7) is 6.73. The second-order valence-electron chi connectivity index (χ2n) is 11.4. The normalized spacial score (nSPS) is 21.8. The Morgan fingerprint density at radius 2 is 1.68 bits per heavy atom. The molecular weight excluding hydrogens is 478 g/mol. The summed E-state index contributed by atoms with van der Waals surface area (Å²) in [5.41, 5.74) is 2.83. The van der Waals surface area contributed by atoms with E-state index < -0.39 is 12.1 Å².